The van der Waals surface area contributed by atoms with Gasteiger partial charge >= 0.3 is 0 Å². The maximum absolute atomic E-state index is 12.2. The molecule has 0 heterocycles. The third-order valence-electron chi connectivity index (χ3n) is 3.87. The normalized spacial score (nSPS) is 12.5. The van der Waals surface area contributed by atoms with Gasteiger partial charge in [0.25, 0.3) is 5.91 Å². The van der Waals surface area contributed by atoms with Crippen molar-refractivity contribution >= 4 is 22.8 Å². The number of carbonyl (C=O) groups is 1. The first-order chi connectivity index (χ1) is 11.6. The van der Waals surface area contributed by atoms with Crippen LogP contribution in [-0.2, 0) is 4.79 Å². The van der Waals surface area contributed by atoms with Crippen molar-refractivity contribution < 1.29 is 9.53 Å². The number of nitrogens with one attached hydrogen (secondary N) is 1. The van der Waals surface area contributed by atoms with Crippen molar-refractivity contribution in [3.8, 4) is 11.8 Å². The highest BCUT2D eigenvalue weighted by atomic mass is 16.5. The second-order valence-corrected chi connectivity index (χ2v) is 5.58. The Morgan fingerprint density at radius 2 is 1.96 bits per heavy atom. The summed E-state index contributed by atoms with van der Waals surface area (Å²) in [6.07, 6.45) is 2.45. The van der Waals surface area contributed by atoms with E-state index >= 15 is 0 Å². The molecule has 4 nitrogen and oxygen atoms in total. The van der Waals surface area contributed by atoms with E-state index in [0.29, 0.717) is 6.61 Å². The van der Waals surface area contributed by atoms with E-state index < -0.39 is 0 Å². The molecule has 2 aromatic carbocycles. The molecule has 0 bridgehead atoms. The minimum atomic E-state index is -0.343. The summed E-state index contributed by atoms with van der Waals surface area (Å²) in [6.45, 7) is 6.43. The highest BCUT2D eigenvalue weighted by Crippen LogP contribution is 2.29. The summed E-state index contributed by atoms with van der Waals surface area (Å²) >= 11 is 0. The average molecular weight is 322 g/mol. The van der Waals surface area contributed by atoms with Gasteiger partial charge in [-0.3, -0.25) is 4.79 Å². The minimum absolute atomic E-state index is 0.0336. The topological polar surface area (TPSA) is 62.1 Å². The number of fused-ring (bicyclic) bond motifs is 1. The van der Waals surface area contributed by atoms with Gasteiger partial charge in [0, 0.05) is 11.4 Å². The van der Waals surface area contributed by atoms with Gasteiger partial charge in [-0.1, -0.05) is 37.3 Å². The van der Waals surface area contributed by atoms with Crippen molar-refractivity contribution in [2.75, 3.05) is 6.61 Å². The van der Waals surface area contributed by atoms with Gasteiger partial charge in [-0.05, 0) is 43.4 Å². The SMILES string of the molecule is CCOc1ccc(/C=C(\C#N)C(=O)NC(C)CC)c2ccccc12. The van der Waals surface area contributed by atoms with E-state index in [1.54, 1.807) is 6.08 Å². The summed E-state index contributed by atoms with van der Waals surface area (Å²) in [4.78, 5) is 12.2. The number of ether oxygens (including phenoxy) is 1. The molecule has 4 heteroatoms. The van der Waals surface area contributed by atoms with Crippen LogP contribution in [0.25, 0.3) is 16.8 Å². The van der Waals surface area contributed by atoms with Gasteiger partial charge in [-0.15, -0.1) is 0 Å². The van der Waals surface area contributed by atoms with Crippen LogP contribution in [0.1, 0.15) is 32.8 Å². The fourth-order valence-corrected chi connectivity index (χ4v) is 2.41. The summed E-state index contributed by atoms with van der Waals surface area (Å²) in [5.41, 5.74) is 0.925. The molecule has 0 aliphatic carbocycles. The summed E-state index contributed by atoms with van der Waals surface area (Å²) in [5.74, 6) is 0.456. The average Bonchev–Trinajstić information content (AvgIpc) is 2.61. The predicted molar refractivity (Wildman–Crippen MR) is 96.6 cm³/mol. The van der Waals surface area contributed by atoms with Gasteiger partial charge in [0.2, 0.25) is 0 Å². The van der Waals surface area contributed by atoms with Crippen LogP contribution >= 0.6 is 0 Å². The van der Waals surface area contributed by atoms with Crippen LogP contribution in [0.4, 0.5) is 0 Å². The van der Waals surface area contributed by atoms with Crippen LogP contribution in [0.3, 0.4) is 0 Å². The molecule has 24 heavy (non-hydrogen) atoms. The van der Waals surface area contributed by atoms with Gasteiger partial charge < -0.3 is 10.1 Å². The number of rotatable bonds is 6. The zero-order valence-electron chi connectivity index (χ0n) is 14.3. The van der Waals surface area contributed by atoms with E-state index in [0.717, 1.165) is 28.5 Å². The molecule has 0 spiro atoms. The minimum Gasteiger partial charge on any atom is -0.493 e. The fourth-order valence-electron chi connectivity index (χ4n) is 2.41. The Bertz CT molecular complexity index is 803. The third kappa shape index (κ3) is 3.94. The highest BCUT2D eigenvalue weighted by molar-refractivity contribution is 6.04. The van der Waals surface area contributed by atoms with Crippen molar-refractivity contribution in [1.29, 1.82) is 5.26 Å². The quantitative estimate of drug-likeness (QED) is 0.644. The molecule has 0 fully saturated rings. The van der Waals surface area contributed by atoms with Crippen LogP contribution in [-0.4, -0.2) is 18.6 Å². The first-order valence-corrected chi connectivity index (χ1v) is 8.17. The molecule has 0 aliphatic heterocycles. The van der Waals surface area contributed by atoms with Crippen molar-refractivity contribution in [2.45, 2.75) is 33.2 Å². The number of nitriles is 1. The van der Waals surface area contributed by atoms with Gasteiger partial charge in [0.15, 0.2) is 0 Å². The van der Waals surface area contributed by atoms with E-state index in [2.05, 4.69) is 5.32 Å². The van der Waals surface area contributed by atoms with Crippen LogP contribution < -0.4 is 10.1 Å². The van der Waals surface area contributed by atoms with Crippen LogP contribution in [0, 0.1) is 11.3 Å². The molecular weight excluding hydrogens is 300 g/mol. The molecule has 2 aromatic rings. The number of amides is 1. The lowest BCUT2D eigenvalue weighted by Crippen LogP contribution is -2.32. The summed E-state index contributed by atoms with van der Waals surface area (Å²) in [6, 6.07) is 13.6. The lowest BCUT2D eigenvalue weighted by Gasteiger charge is -2.12. The van der Waals surface area contributed by atoms with Crippen LogP contribution in [0.5, 0.6) is 5.75 Å². The van der Waals surface area contributed by atoms with Gasteiger partial charge in [0.05, 0.1) is 6.61 Å². The molecule has 1 amide bonds. The van der Waals surface area contributed by atoms with E-state index in [9.17, 15) is 10.1 Å². The molecule has 0 saturated carbocycles. The Morgan fingerprint density at radius 1 is 1.25 bits per heavy atom. The molecule has 0 aliphatic rings. The van der Waals surface area contributed by atoms with Gasteiger partial charge in [-0.25, -0.2) is 0 Å². The van der Waals surface area contributed by atoms with E-state index in [4.69, 9.17) is 4.74 Å². The maximum Gasteiger partial charge on any atom is 0.262 e. The summed E-state index contributed by atoms with van der Waals surface area (Å²) < 4.78 is 5.66. The first-order valence-electron chi connectivity index (χ1n) is 8.17. The molecule has 1 N–H and O–H groups in total. The summed E-state index contributed by atoms with van der Waals surface area (Å²) in [5, 5.41) is 14.1. The predicted octanol–water partition coefficient (Wildman–Crippen LogP) is 4.06. The van der Waals surface area contributed by atoms with Crippen molar-refractivity contribution in [3.63, 3.8) is 0 Å². The smallest absolute Gasteiger partial charge is 0.262 e. The largest absolute Gasteiger partial charge is 0.493 e. The van der Waals surface area contributed by atoms with Crippen molar-refractivity contribution in [2.24, 2.45) is 0 Å². The Labute approximate surface area is 142 Å². The Hall–Kier alpha value is -2.80. The van der Waals surface area contributed by atoms with E-state index in [-0.39, 0.29) is 17.5 Å². The van der Waals surface area contributed by atoms with Crippen LogP contribution in [0.15, 0.2) is 42.0 Å². The first kappa shape index (κ1) is 17.6. The highest BCUT2D eigenvalue weighted by Gasteiger charge is 2.13. The molecular formula is C20H22N2O2. The monoisotopic (exact) mass is 322 g/mol. The van der Waals surface area contributed by atoms with Gasteiger partial charge in [-0.2, -0.15) is 5.26 Å². The second kappa shape index (κ2) is 8.16. The number of benzene rings is 2. The zero-order chi connectivity index (χ0) is 17.5. The third-order valence-corrected chi connectivity index (χ3v) is 3.87. The molecule has 0 saturated heterocycles. The molecule has 0 aromatic heterocycles. The Morgan fingerprint density at radius 3 is 2.58 bits per heavy atom. The molecule has 124 valence electrons. The number of hydrogen-bond donors (Lipinski definition) is 1. The number of nitrogens with zero attached hydrogens (tertiary/aromatic N) is 1. The molecule has 0 radical (unpaired) electrons. The lowest BCUT2D eigenvalue weighted by molar-refractivity contribution is -0.117. The van der Waals surface area contributed by atoms with Gasteiger partial charge in [0.1, 0.15) is 17.4 Å². The lowest BCUT2D eigenvalue weighted by atomic mass is 10.0. The second-order valence-electron chi connectivity index (χ2n) is 5.58. The molecule has 1 atom stereocenters. The standard InChI is InChI=1S/C20H22N2O2/c1-4-14(3)22-20(23)16(13-21)12-15-10-11-19(24-5-2)18-9-7-6-8-17(15)18/h6-12,14H,4-5H2,1-3H3,(H,22,23)/b16-12+. The van der Waals surface area contributed by atoms with Crippen LogP contribution in [0.2, 0.25) is 0 Å². The Kier molecular flexibility index (Phi) is 5.97. The Balaban J connectivity index is 2.46. The zero-order valence-corrected chi connectivity index (χ0v) is 14.3. The molecule has 2 rings (SSSR count). The fraction of sp³-hybridized carbons (Fsp3) is 0.300. The maximum atomic E-state index is 12.2. The van der Waals surface area contributed by atoms with E-state index in [1.807, 2.05) is 63.2 Å². The molecule has 1 unspecified atom stereocenters. The summed E-state index contributed by atoms with van der Waals surface area (Å²) in [7, 11) is 0. The van der Waals surface area contributed by atoms with E-state index in [1.165, 1.54) is 0 Å². The van der Waals surface area contributed by atoms with Crippen molar-refractivity contribution in [1.82, 2.24) is 5.32 Å². The van der Waals surface area contributed by atoms with Crippen molar-refractivity contribution in [3.05, 3.63) is 47.5 Å². The number of carbonyl (C=O) groups excluding carboxylic acids is 1. The number of hydrogen-bond acceptors (Lipinski definition) is 3.